The Kier molecular flexibility index (Phi) is 7.10. The van der Waals surface area contributed by atoms with Crippen LogP contribution in [-0.4, -0.2) is 29.2 Å². The summed E-state index contributed by atoms with van der Waals surface area (Å²) in [6.45, 7) is 0. The third-order valence-electron chi connectivity index (χ3n) is 2.99. The number of rotatable bonds is 4. The van der Waals surface area contributed by atoms with Gasteiger partial charge in [-0.2, -0.15) is 0 Å². The molecule has 1 heterocycles. The van der Waals surface area contributed by atoms with Crippen LogP contribution < -0.4 is 9.47 Å². The highest BCUT2D eigenvalue weighted by Crippen LogP contribution is 2.40. The molecule has 0 spiro atoms. The number of ether oxygens (including phenoxy) is 2. The average Bonchev–Trinajstić information content (AvgIpc) is 2.57. The van der Waals surface area contributed by atoms with Gasteiger partial charge < -0.3 is 9.47 Å². The van der Waals surface area contributed by atoms with Gasteiger partial charge in [0.15, 0.2) is 29.0 Å². The maximum Gasteiger partial charge on any atom is 0.250 e. The van der Waals surface area contributed by atoms with Gasteiger partial charge in [0.05, 0.1) is 14.2 Å². The van der Waals surface area contributed by atoms with E-state index in [2.05, 4.69) is 15.0 Å². The van der Waals surface area contributed by atoms with Crippen LogP contribution in [0.5, 0.6) is 11.5 Å². The summed E-state index contributed by atoms with van der Waals surface area (Å²) in [7, 11) is 3.09. The van der Waals surface area contributed by atoms with Crippen molar-refractivity contribution in [2.24, 2.45) is 0 Å². The summed E-state index contributed by atoms with van der Waals surface area (Å²) in [6, 6.07) is 5.33. The monoisotopic (exact) mass is 475 g/mol. The van der Waals surface area contributed by atoms with Crippen LogP contribution in [0.1, 0.15) is 23.0 Å². The standard InChI is InChI=1S/C15H11Cl6N3O2/c1-25-9-5-3-8(7-10(9)26-2)4-6-11-22-12(14(16,17)18)24-13(23-11)15(19,20)21/h3-7H,1-2H3/b6-4-. The second-order valence-electron chi connectivity index (χ2n) is 4.78. The predicted molar refractivity (Wildman–Crippen MR) is 107 cm³/mol. The second-order valence-corrected chi connectivity index (χ2v) is 9.35. The van der Waals surface area contributed by atoms with E-state index in [1.807, 2.05) is 6.07 Å². The van der Waals surface area contributed by atoms with Gasteiger partial charge in [-0.15, -0.1) is 0 Å². The summed E-state index contributed by atoms with van der Waals surface area (Å²) in [5.41, 5.74) is 0.786. The first kappa shape index (κ1) is 21.6. The Labute approximate surface area is 180 Å². The molecular weight excluding hydrogens is 467 g/mol. The lowest BCUT2D eigenvalue weighted by atomic mass is 10.2. The number of hydrogen-bond acceptors (Lipinski definition) is 5. The van der Waals surface area contributed by atoms with Gasteiger partial charge in [-0.1, -0.05) is 81.7 Å². The van der Waals surface area contributed by atoms with Gasteiger partial charge in [0, 0.05) is 0 Å². The summed E-state index contributed by atoms with van der Waals surface area (Å²) in [6.07, 6.45) is 3.27. The fourth-order valence-electron chi connectivity index (χ4n) is 1.85. The molecule has 0 atom stereocenters. The number of hydrogen-bond donors (Lipinski definition) is 0. The zero-order chi connectivity index (χ0) is 19.5. The molecule has 0 saturated carbocycles. The van der Waals surface area contributed by atoms with Crippen molar-refractivity contribution in [3.8, 4) is 11.5 Å². The minimum atomic E-state index is -1.90. The Morgan fingerprint density at radius 1 is 0.769 bits per heavy atom. The molecule has 0 radical (unpaired) electrons. The van der Waals surface area contributed by atoms with E-state index in [4.69, 9.17) is 79.1 Å². The van der Waals surface area contributed by atoms with E-state index >= 15 is 0 Å². The molecule has 1 aromatic heterocycles. The highest BCUT2D eigenvalue weighted by molar-refractivity contribution is 6.67. The molecule has 0 fully saturated rings. The van der Waals surface area contributed by atoms with Gasteiger partial charge in [0.25, 0.3) is 0 Å². The molecular formula is C15H11Cl6N3O2. The molecule has 2 rings (SSSR count). The predicted octanol–water partition coefficient (Wildman–Crippen LogP) is 5.71. The van der Waals surface area contributed by atoms with Crippen LogP contribution in [0.2, 0.25) is 0 Å². The normalized spacial score (nSPS) is 12.5. The average molecular weight is 478 g/mol. The van der Waals surface area contributed by atoms with Crippen LogP contribution in [0, 0.1) is 0 Å². The van der Waals surface area contributed by atoms with Crippen molar-refractivity contribution < 1.29 is 9.47 Å². The molecule has 0 unspecified atom stereocenters. The zero-order valence-corrected chi connectivity index (χ0v) is 17.8. The Balaban J connectivity index is 2.44. The van der Waals surface area contributed by atoms with E-state index < -0.39 is 7.59 Å². The molecule has 0 aliphatic rings. The molecule has 11 heteroatoms. The van der Waals surface area contributed by atoms with Gasteiger partial charge in [-0.05, 0) is 23.8 Å². The maximum absolute atomic E-state index is 5.84. The Morgan fingerprint density at radius 2 is 1.31 bits per heavy atom. The fourth-order valence-corrected chi connectivity index (χ4v) is 2.35. The van der Waals surface area contributed by atoms with Crippen molar-refractivity contribution in [2.45, 2.75) is 7.59 Å². The lowest BCUT2D eigenvalue weighted by Crippen LogP contribution is -2.16. The highest BCUT2D eigenvalue weighted by atomic mass is 35.6. The molecule has 0 bridgehead atoms. The number of alkyl halides is 6. The first-order valence-corrected chi connectivity index (χ1v) is 9.12. The molecule has 0 N–H and O–H groups in total. The molecule has 0 aliphatic heterocycles. The lowest BCUT2D eigenvalue weighted by Gasteiger charge is -2.14. The van der Waals surface area contributed by atoms with Crippen molar-refractivity contribution in [2.75, 3.05) is 14.2 Å². The van der Waals surface area contributed by atoms with Gasteiger partial charge in [0.2, 0.25) is 7.59 Å². The second kappa shape index (κ2) is 8.55. The molecule has 0 saturated heterocycles. The number of halogens is 6. The van der Waals surface area contributed by atoms with Crippen molar-refractivity contribution >= 4 is 81.8 Å². The summed E-state index contributed by atoms with van der Waals surface area (Å²) in [4.78, 5) is 12.0. The first-order chi connectivity index (χ1) is 12.0. The van der Waals surface area contributed by atoms with E-state index in [0.717, 1.165) is 5.56 Å². The van der Waals surface area contributed by atoms with Crippen molar-refractivity contribution in [3.05, 3.63) is 41.2 Å². The van der Waals surface area contributed by atoms with Crippen LogP contribution in [0.15, 0.2) is 18.2 Å². The Hall–Kier alpha value is -0.690. The summed E-state index contributed by atoms with van der Waals surface area (Å²) >= 11 is 35.0. The van der Waals surface area contributed by atoms with Crippen molar-refractivity contribution in [1.82, 2.24) is 15.0 Å². The van der Waals surface area contributed by atoms with Gasteiger partial charge in [-0.3, -0.25) is 0 Å². The number of nitrogens with zero attached hydrogens (tertiary/aromatic N) is 3. The number of benzene rings is 1. The molecule has 140 valence electrons. The third-order valence-corrected chi connectivity index (χ3v) is 4.01. The third kappa shape index (κ3) is 5.65. The minimum absolute atomic E-state index is 0.150. The highest BCUT2D eigenvalue weighted by Gasteiger charge is 2.33. The van der Waals surface area contributed by atoms with E-state index in [-0.39, 0.29) is 17.5 Å². The van der Waals surface area contributed by atoms with Crippen LogP contribution in [0.3, 0.4) is 0 Å². The molecule has 2 aromatic rings. The summed E-state index contributed by atoms with van der Waals surface area (Å²) in [5.74, 6) is 0.991. The Bertz CT molecular complexity index is 786. The van der Waals surface area contributed by atoms with Crippen LogP contribution in [-0.2, 0) is 7.59 Å². The van der Waals surface area contributed by atoms with Gasteiger partial charge >= 0.3 is 0 Å². The van der Waals surface area contributed by atoms with Gasteiger partial charge in [0.1, 0.15) is 0 Å². The molecule has 0 aliphatic carbocycles. The number of methoxy groups -OCH3 is 2. The quantitative estimate of drug-likeness (QED) is 0.528. The molecule has 26 heavy (non-hydrogen) atoms. The topological polar surface area (TPSA) is 57.1 Å². The minimum Gasteiger partial charge on any atom is -0.493 e. The van der Waals surface area contributed by atoms with E-state index in [9.17, 15) is 0 Å². The lowest BCUT2D eigenvalue weighted by molar-refractivity contribution is 0.355. The summed E-state index contributed by atoms with van der Waals surface area (Å²) in [5, 5.41) is 0. The molecule has 1 aromatic carbocycles. The van der Waals surface area contributed by atoms with Crippen molar-refractivity contribution in [1.29, 1.82) is 0 Å². The Morgan fingerprint density at radius 3 is 1.77 bits per heavy atom. The van der Waals surface area contributed by atoms with Crippen LogP contribution in [0.4, 0.5) is 0 Å². The van der Waals surface area contributed by atoms with Crippen LogP contribution in [0.25, 0.3) is 12.2 Å². The largest absolute Gasteiger partial charge is 0.493 e. The van der Waals surface area contributed by atoms with Gasteiger partial charge in [-0.25, -0.2) is 15.0 Å². The zero-order valence-electron chi connectivity index (χ0n) is 13.3. The summed E-state index contributed by atoms with van der Waals surface area (Å²) < 4.78 is 6.64. The molecule has 0 amide bonds. The van der Waals surface area contributed by atoms with Crippen molar-refractivity contribution in [3.63, 3.8) is 0 Å². The van der Waals surface area contributed by atoms with Crippen LogP contribution >= 0.6 is 69.6 Å². The van der Waals surface area contributed by atoms with E-state index in [1.165, 1.54) is 7.11 Å². The smallest absolute Gasteiger partial charge is 0.250 e. The number of aromatic nitrogens is 3. The van der Waals surface area contributed by atoms with E-state index in [1.54, 1.807) is 31.4 Å². The maximum atomic E-state index is 5.84. The SMILES string of the molecule is COc1ccc(/C=C\c2nc(C(Cl)(Cl)Cl)nc(C(Cl)(Cl)Cl)n2)cc1OC. The van der Waals surface area contributed by atoms with E-state index in [0.29, 0.717) is 11.5 Å². The molecule has 5 nitrogen and oxygen atoms in total. The fraction of sp³-hybridized carbons (Fsp3) is 0.267. The first-order valence-electron chi connectivity index (χ1n) is 6.85.